The van der Waals surface area contributed by atoms with Gasteiger partial charge in [-0.25, -0.2) is 14.8 Å². The molecule has 0 aliphatic carbocycles. The average Bonchev–Trinajstić information content (AvgIpc) is 2.76. The third-order valence-electron chi connectivity index (χ3n) is 4.76. The number of ether oxygens (including phenoxy) is 1. The zero-order chi connectivity index (χ0) is 21.3. The molecule has 0 saturated carbocycles. The Morgan fingerprint density at radius 1 is 0.968 bits per heavy atom. The molecule has 1 N–H and O–H groups in total. The summed E-state index contributed by atoms with van der Waals surface area (Å²) >= 11 is 0. The van der Waals surface area contributed by atoms with Crippen molar-refractivity contribution in [2.24, 2.45) is 0 Å². The van der Waals surface area contributed by atoms with E-state index in [9.17, 15) is 4.79 Å². The maximum absolute atomic E-state index is 10.5. The van der Waals surface area contributed by atoms with E-state index in [0.717, 1.165) is 53.4 Å². The number of carbonyl (C=O) groups is 1. The van der Waals surface area contributed by atoms with Crippen molar-refractivity contribution in [3.8, 4) is 22.5 Å². The molecule has 1 aromatic heterocycles. The van der Waals surface area contributed by atoms with Crippen molar-refractivity contribution >= 4 is 11.8 Å². The molecule has 1 heterocycles. The molecule has 0 aliphatic rings. The molecule has 0 fully saturated rings. The molecular weight excluding hydrogens is 401 g/mol. The van der Waals surface area contributed by atoms with Crippen LogP contribution in [0.2, 0.25) is 0 Å². The largest absolute Gasteiger partial charge is 1.00 e. The molecular formula is C24H28N3NaO3. The number of carboxylic acids is 1. The van der Waals surface area contributed by atoms with Crippen molar-refractivity contribution in [3.63, 3.8) is 0 Å². The van der Waals surface area contributed by atoms with Crippen LogP contribution in [0.4, 0.5) is 5.82 Å². The molecule has 2 aromatic carbocycles. The Bertz CT molecular complexity index is 975. The van der Waals surface area contributed by atoms with E-state index in [1.54, 1.807) is 0 Å². The summed E-state index contributed by atoms with van der Waals surface area (Å²) < 4.78 is 5.10. The number of nitrogens with zero attached hydrogens (tertiary/aromatic N) is 3. The van der Waals surface area contributed by atoms with Crippen molar-refractivity contribution in [1.29, 1.82) is 0 Å². The molecule has 0 aliphatic heterocycles. The smallest absolute Gasteiger partial charge is 1.00 e. The van der Waals surface area contributed by atoms with Gasteiger partial charge < -0.3 is 16.2 Å². The predicted octanol–water partition coefficient (Wildman–Crippen LogP) is 1.55. The number of aromatic nitrogens is 2. The molecule has 3 rings (SSSR count). The van der Waals surface area contributed by atoms with E-state index < -0.39 is 5.97 Å². The van der Waals surface area contributed by atoms with E-state index in [-0.39, 0.29) is 37.6 Å². The van der Waals surface area contributed by atoms with E-state index in [4.69, 9.17) is 19.8 Å². The normalized spacial score (nSPS) is 10.4. The Morgan fingerprint density at radius 2 is 1.52 bits per heavy atom. The molecule has 0 atom stereocenters. The molecule has 158 valence electrons. The van der Waals surface area contributed by atoms with Crippen LogP contribution >= 0.6 is 0 Å². The summed E-state index contributed by atoms with van der Waals surface area (Å²) in [6, 6.07) is 20.2. The van der Waals surface area contributed by atoms with E-state index >= 15 is 0 Å². The van der Waals surface area contributed by atoms with Gasteiger partial charge in [0.25, 0.3) is 0 Å². The van der Waals surface area contributed by atoms with Gasteiger partial charge in [-0.15, -0.1) is 0 Å². The Morgan fingerprint density at radius 3 is 2.06 bits per heavy atom. The number of carboxylic acid groups (broad SMARTS) is 1. The van der Waals surface area contributed by atoms with Crippen LogP contribution in [0.5, 0.6) is 0 Å². The standard InChI is InChI=1S/C24H27N3O3.Na.H/c1-18-24(27(2)15-9-10-16-30-17-21(28)29)26-23(20-13-7-4-8-14-20)22(25-18)19-11-5-3-6-12-19;;/h3-8,11-14H,9-10,15-17H2,1-2H3,(H,28,29);;/q;+1;-1. The number of anilines is 1. The Hall–Kier alpha value is -2.25. The average molecular weight is 429 g/mol. The molecule has 31 heavy (non-hydrogen) atoms. The quantitative estimate of drug-likeness (QED) is 0.389. The number of hydrogen-bond acceptors (Lipinski definition) is 5. The molecule has 6 nitrogen and oxygen atoms in total. The van der Waals surface area contributed by atoms with E-state index in [2.05, 4.69) is 29.2 Å². The maximum Gasteiger partial charge on any atom is 1.00 e. The number of aryl methyl sites for hydroxylation is 1. The molecule has 0 spiro atoms. The van der Waals surface area contributed by atoms with Gasteiger partial charge in [0.15, 0.2) is 5.82 Å². The van der Waals surface area contributed by atoms with E-state index in [0.29, 0.717) is 6.61 Å². The van der Waals surface area contributed by atoms with Gasteiger partial charge in [-0.1, -0.05) is 60.7 Å². The van der Waals surface area contributed by atoms with Gasteiger partial charge in [0.2, 0.25) is 0 Å². The number of aliphatic carboxylic acids is 1. The zero-order valence-electron chi connectivity index (χ0n) is 19.4. The van der Waals surface area contributed by atoms with Crippen LogP contribution in [0, 0.1) is 6.92 Å². The zero-order valence-corrected chi connectivity index (χ0v) is 20.4. The Labute approximate surface area is 207 Å². The number of hydrogen-bond donors (Lipinski definition) is 1. The van der Waals surface area contributed by atoms with Crippen molar-refractivity contribution in [1.82, 2.24) is 9.97 Å². The summed E-state index contributed by atoms with van der Waals surface area (Å²) in [4.78, 5) is 22.5. The van der Waals surface area contributed by atoms with Gasteiger partial charge in [0, 0.05) is 31.3 Å². The predicted molar refractivity (Wildman–Crippen MR) is 120 cm³/mol. The summed E-state index contributed by atoms with van der Waals surface area (Å²) in [5, 5.41) is 8.61. The summed E-state index contributed by atoms with van der Waals surface area (Å²) in [5.41, 5.74) is 4.67. The number of unbranched alkanes of at least 4 members (excludes halogenated alkanes) is 1. The molecule has 0 radical (unpaired) electrons. The molecule has 3 aromatic rings. The molecule has 0 saturated heterocycles. The van der Waals surface area contributed by atoms with Gasteiger partial charge in [-0.05, 0) is 19.8 Å². The van der Waals surface area contributed by atoms with Crippen LogP contribution in [0.1, 0.15) is 20.0 Å². The summed E-state index contributed by atoms with van der Waals surface area (Å²) in [7, 11) is 2.01. The fourth-order valence-electron chi connectivity index (χ4n) is 3.29. The van der Waals surface area contributed by atoms with Gasteiger partial charge in [0.05, 0.1) is 17.1 Å². The van der Waals surface area contributed by atoms with E-state index in [1.165, 1.54) is 0 Å². The minimum Gasteiger partial charge on any atom is -1.00 e. The topological polar surface area (TPSA) is 75.5 Å². The van der Waals surface area contributed by atoms with Crippen molar-refractivity contribution in [3.05, 3.63) is 66.4 Å². The number of benzene rings is 2. The first kappa shape index (κ1) is 25.0. The van der Waals surface area contributed by atoms with Crippen LogP contribution in [-0.4, -0.2) is 47.8 Å². The maximum atomic E-state index is 10.5. The number of rotatable bonds is 10. The van der Waals surface area contributed by atoms with Crippen LogP contribution in [-0.2, 0) is 9.53 Å². The summed E-state index contributed by atoms with van der Waals surface area (Å²) in [5.74, 6) is -0.0926. The monoisotopic (exact) mass is 429 g/mol. The van der Waals surface area contributed by atoms with Gasteiger partial charge >= 0.3 is 35.5 Å². The van der Waals surface area contributed by atoms with Crippen LogP contribution in [0.25, 0.3) is 22.5 Å². The first-order valence-electron chi connectivity index (χ1n) is 10.1. The second-order valence-electron chi connectivity index (χ2n) is 7.14. The van der Waals surface area contributed by atoms with Crippen LogP contribution in [0.15, 0.2) is 60.7 Å². The molecule has 0 bridgehead atoms. The van der Waals surface area contributed by atoms with Crippen LogP contribution < -0.4 is 34.5 Å². The first-order chi connectivity index (χ1) is 14.6. The van der Waals surface area contributed by atoms with Crippen LogP contribution in [0.3, 0.4) is 0 Å². The fraction of sp³-hybridized carbons (Fsp3) is 0.292. The van der Waals surface area contributed by atoms with Gasteiger partial charge in [0.1, 0.15) is 6.61 Å². The van der Waals surface area contributed by atoms with Gasteiger partial charge in [-0.2, -0.15) is 0 Å². The SMILES string of the molecule is Cc1nc(-c2ccccc2)c(-c2ccccc2)nc1N(C)CCCCOCC(=O)O.[H-].[Na+]. The molecule has 0 amide bonds. The Balaban J connectivity index is 0.00000256. The first-order valence-corrected chi connectivity index (χ1v) is 10.1. The minimum atomic E-state index is -0.940. The van der Waals surface area contributed by atoms with Crippen molar-refractivity contribution in [2.45, 2.75) is 19.8 Å². The van der Waals surface area contributed by atoms with Crippen molar-refractivity contribution < 1.29 is 45.6 Å². The summed E-state index contributed by atoms with van der Waals surface area (Å²) in [6.45, 7) is 2.95. The fourth-order valence-corrected chi connectivity index (χ4v) is 3.29. The van der Waals surface area contributed by atoms with E-state index in [1.807, 2.05) is 50.4 Å². The molecule has 7 heteroatoms. The minimum absolute atomic E-state index is 0. The molecule has 0 unspecified atom stereocenters. The summed E-state index contributed by atoms with van der Waals surface area (Å²) in [6.07, 6.45) is 1.66. The third-order valence-corrected chi connectivity index (χ3v) is 4.76. The second-order valence-corrected chi connectivity index (χ2v) is 7.14. The van der Waals surface area contributed by atoms with Gasteiger partial charge in [-0.3, -0.25) is 0 Å². The third kappa shape index (κ3) is 7.14. The Kier molecular flexibility index (Phi) is 10.1. The second kappa shape index (κ2) is 12.6. The van der Waals surface area contributed by atoms with Crippen molar-refractivity contribution in [2.75, 3.05) is 31.7 Å².